The molecule has 1 saturated heterocycles. The summed E-state index contributed by atoms with van der Waals surface area (Å²) in [6, 6.07) is 14.1. The number of carbonyl (C=O) groups is 1. The van der Waals surface area contributed by atoms with Crippen molar-refractivity contribution in [1.29, 1.82) is 0 Å². The Morgan fingerprint density at radius 2 is 1.86 bits per heavy atom. The summed E-state index contributed by atoms with van der Waals surface area (Å²) in [7, 11) is 0. The van der Waals surface area contributed by atoms with Gasteiger partial charge in [0.05, 0.1) is 18.3 Å². The first kappa shape index (κ1) is 14.1. The van der Waals surface area contributed by atoms with Gasteiger partial charge in [-0.25, -0.2) is 0 Å². The Hall–Kier alpha value is -1.87. The molecule has 0 amide bonds. The smallest absolute Gasteiger partial charge is 0.157 e. The molecule has 1 aromatic carbocycles. The first-order chi connectivity index (χ1) is 9.98. The standard InChI is InChI=1S/C18H21NO2/c1-18(2,3)17(20)16-15(14-10-7-11-21-14)19(16)12-13-8-5-4-6-9-13/h4-11,15-16H,12H2,1-3H3/t15-,16-,19?/m1/s1. The summed E-state index contributed by atoms with van der Waals surface area (Å²) in [5, 5.41) is 0. The third-order valence-corrected chi connectivity index (χ3v) is 3.97. The number of carbonyl (C=O) groups excluding carboxylic acids is 1. The van der Waals surface area contributed by atoms with Crippen LogP contribution in [0, 0.1) is 5.41 Å². The predicted molar refractivity (Wildman–Crippen MR) is 81.7 cm³/mol. The molecule has 3 rings (SSSR count). The molecule has 1 aromatic heterocycles. The third kappa shape index (κ3) is 2.79. The van der Waals surface area contributed by atoms with Crippen molar-refractivity contribution in [1.82, 2.24) is 4.90 Å². The fourth-order valence-corrected chi connectivity index (χ4v) is 2.78. The van der Waals surface area contributed by atoms with Gasteiger partial charge in [-0.05, 0) is 17.7 Å². The zero-order valence-corrected chi connectivity index (χ0v) is 12.7. The molecule has 3 heteroatoms. The summed E-state index contributed by atoms with van der Waals surface area (Å²) < 4.78 is 5.52. The average Bonchev–Trinajstić information content (AvgIpc) is 2.88. The summed E-state index contributed by atoms with van der Waals surface area (Å²) >= 11 is 0. The predicted octanol–water partition coefficient (Wildman–Crippen LogP) is 3.82. The van der Waals surface area contributed by atoms with Gasteiger partial charge in [0.25, 0.3) is 0 Å². The number of benzene rings is 1. The lowest BCUT2D eigenvalue weighted by Crippen LogP contribution is -2.27. The molecule has 110 valence electrons. The van der Waals surface area contributed by atoms with Crippen LogP contribution in [0.15, 0.2) is 53.1 Å². The summed E-state index contributed by atoms with van der Waals surface area (Å²) in [4.78, 5) is 14.9. The van der Waals surface area contributed by atoms with Crippen LogP contribution in [-0.4, -0.2) is 16.7 Å². The van der Waals surface area contributed by atoms with Crippen molar-refractivity contribution in [2.45, 2.75) is 39.4 Å². The monoisotopic (exact) mass is 283 g/mol. The molecule has 3 atom stereocenters. The molecule has 0 radical (unpaired) electrons. The van der Waals surface area contributed by atoms with E-state index < -0.39 is 0 Å². The molecule has 0 aliphatic carbocycles. The van der Waals surface area contributed by atoms with Crippen molar-refractivity contribution in [3.8, 4) is 0 Å². The summed E-state index contributed by atoms with van der Waals surface area (Å²) in [6.45, 7) is 6.72. The highest BCUT2D eigenvalue weighted by molar-refractivity contribution is 5.92. The van der Waals surface area contributed by atoms with E-state index in [1.54, 1.807) is 6.26 Å². The molecule has 1 unspecified atom stereocenters. The van der Waals surface area contributed by atoms with Crippen LogP contribution in [0.1, 0.15) is 38.1 Å². The van der Waals surface area contributed by atoms with E-state index >= 15 is 0 Å². The fraction of sp³-hybridized carbons (Fsp3) is 0.389. The topological polar surface area (TPSA) is 33.2 Å². The average molecular weight is 283 g/mol. The maximum absolute atomic E-state index is 12.6. The summed E-state index contributed by atoms with van der Waals surface area (Å²) in [5.41, 5.74) is 0.888. The SMILES string of the molecule is CC(C)(C)C(=O)[C@H]1[C@@H](c2ccco2)N1Cc1ccccc1. The lowest BCUT2D eigenvalue weighted by Gasteiger charge is -2.16. The van der Waals surface area contributed by atoms with E-state index in [0.29, 0.717) is 0 Å². The minimum atomic E-state index is -0.332. The first-order valence-electron chi connectivity index (χ1n) is 7.36. The van der Waals surface area contributed by atoms with Gasteiger partial charge in [0.2, 0.25) is 0 Å². The van der Waals surface area contributed by atoms with E-state index in [1.807, 2.05) is 51.1 Å². The Bertz CT molecular complexity index is 610. The molecule has 0 N–H and O–H groups in total. The van der Waals surface area contributed by atoms with E-state index in [4.69, 9.17) is 4.42 Å². The molecule has 2 aromatic rings. The highest BCUT2D eigenvalue weighted by Crippen LogP contribution is 2.47. The number of nitrogens with zero attached hydrogens (tertiary/aromatic N) is 1. The van der Waals surface area contributed by atoms with Crippen LogP contribution in [0.2, 0.25) is 0 Å². The van der Waals surface area contributed by atoms with Crippen LogP contribution in [0.4, 0.5) is 0 Å². The Kier molecular flexibility index (Phi) is 3.46. The second kappa shape index (κ2) is 5.15. The number of rotatable bonds is 4. The van der Waals surface area contributed by atoms with Gasteiger partial charge in [-0.2, -0.15) is 0 Å². The van der Waals surface area contributed by atoms with Crippen molar-refractivity contribution in [2.75, 3.05) is 0 Å². The van der Waals surface area contributed by atoms with Crippen molar-refractivity contribution in [3.05, 3.63) is 60.1 Å². The van der Waals surface area contributed by atoms with Crippen molar-refractivity contribution < 1.29 is 9.21 Å². The van der Waals surface area contributed by atoms with Gasteiger partial charge < -0.3 is 4.42 Å². The Balaban J connectivity index is 1.82. The third-order valence-electron chi connectivity index (χ3n) is 3.97. The van der Waals surface area contributed by atoms with Gasteiger partial charge in [0.1, 0.15) is 5.76 Å². The zero-order chi connectivity index (χ0) is 15.0. The molecule has 0 spiro atoms. The Morgan fingerprint density at radius 3 is 2.43 bits per heavy atom. The lowest BCUT2D eigenvalue weighted by atomic mass is 9.87. The maximum atomic E-state index is 12.6. The lowest BCUT2D eigenvalue weighted by molar-refractivity contribution is -0.126. The van der Waals surface area contributed by atoms with Crippen LogP contribution in [0.3, 0.4) is 0 Å². The van der Waals surface area contributed by atoms with Gasteiger partial charge >= 0.3 is 0 Å². The molecule has 1 aliphatic rings. The highest BCUT2D eigenvalue weighted by atomic mass is 16.3. The molecule has 2 heterocycles. The van der Waals surface area contributed by atoms with Crippen molar-refractivity contribution in [2.24, 2.45) is 5.41 Å². The number of hydrogen-bond donors (Lipinski definition) is 0. The van der Waals surface area contributed by atoms with Crippen LogP contribution in [-0.2, 0) is 11.3 Å². The first-order valence-corrected chi connectivity index (χ1v) is 7.36. The molecule has 1 aliphatic heterocycles. The molecular formula is C18H21NO2. The van der Waals surface area contributed by atoms with Crippen molar-refractivity contribution in [3.63, 3.8) is 0 Å². The van der Waals surface area contributed by atoms with E-state index in [0.717, 1.165) is 12.3 Å². The van der Waals surface area contributed by atoms with E-state index in [2.05, 4.69) is 17.0 Å². The second-order valence-corrected chi connectivity index (χ2v) is 6.68. The van der Waals surface area contributed by atoms with Gasteiger partial charge in [0.15, 0.2) is 5.78 Å². The maximum Gasteiger partial charge on any atom is 0.157 e. The summed E-state index contributed by atoms with van der Waals surface area (Å²) in [5.74, 6) is 1.16. The number of furan rings is 1. The molecular weight excluding hydrogens is 262 g/mol. The fourth-order valence-electron chi connectivity index (χ4n) is 2.78. The largest absolute Gasteiger partial charge is 0.468 e. The van der Waals surface area contributed by atoms with Gasteiger partial charge in [-0.15, -0.1) is 0 Å². The normalized spacial score (nSPS) is 24.8. The van der Waals surface area contributed by atoms with Crippen LogP contribution in [0.5, 0.6) is 0 Å². The van der Waals surface area contributed by atoms with Crippen molar-refractivity contribution >= 4 is 5.78 Å². The minimum Gasteiger partial charge on any atom is -0.468 e. The summed E-state index contributed by atoms with van der Waals surface area (Å²) in [6.07, 6.45) is 1.67. The van der Waals surface area contributed by atoms with Crippen LogP contribution >= 0.6 is 0 Å². The molecule has 3 nitrogen and oxygen atoms in total. The minimum absolute atomic E-state index is 0.0728. The Labute approximate surface area is 125 Å². The van der Waals surface area contributed by atoms with E-state index in [9.17, 15) is 4.79 Å². The number of ketones is 1. The van der Waals surface area contributed by atoms with Gasteiger partial charge in [-0.3, -0.25) is 9.69 Å². The Morgan fingerprint density at radius 1 is 1.14 bits per heavy atom. The number of hydrogen-bond acceptors (Lipinski definition) is 3. The number of Topliss-reactive ketones (excluding diaryl/α,β-unsaturated/α-hetero) is 1. The second-order valence-electron chi connectivity index (χ2n) is 6.68. The van der Waals surface area contributed by atoms with Crippen LogP contribution < -0.4 is 0 Å². The van der Waals surface area contributed by atoms with Gasteiger partial charge in [0, 0.05) is 12.0 Å². The van der Waals surface area contributed by atoms with E-state index in [1.165, 1.54) is 5.56 Å². The molecule has 0 bridgehead atoms. The van der Waals surface area contributed by atoms with E-state index in [-0.39, 0.29) is 23.3 Å². The highest BCUT2D eigenvalue weighted by Gasteiger charge is 2.56. The molecule has 21 heavy (non-hydrogen) atoms. The molecule has 0 saturated carbocycles. The quantitative estimate of drug-likeness (QED) is 0.800. The van der Waals surface area contributed by atoms with Gasteiger partial charge in [-0.1, -0.05) is 51.1 Å². The molecule has 1 fully saturated rings. The zero-order valence-electron chi connectivity index (χ0n) is 12.7. The van der Waals surface area contributed by atoms with Crippen LogP contribution in [0.25, 0.3) is 0 Å².